The van der Waals surface area contributed by atoms with Gasteiger partial charge in [-0.3, -0.25) is 0 Å². The van der Waals surface area contributed by atoms with E-state index >= 15 is 0 Å². The highest BCUT2D eigenvalue weighted by atomic mass is 35.5. The maximum Gasteiger partial charge on any atom is 0.175 e. The molecule has 0 saturated heterocycles. The van der Waals surface area contributed by atoms with Crippen LogP contribution in [0.1, 0.15) is 24.8 Å². The molecule has 5 heteroatoms. The fourth-order valence-electron chi connectivity index (χ4n) is 2.33. The molecule has 0 atom stereocenters. The number of sulfone groups is 1. The zero-order valence-corrected chi connectivity index (χ0v) is 11.3. The van der Waals surface area contributed by atoms with E-state index in [0.717, 1.165) is 24.8 Å². The number of hydrogen-bond acceptors (Lipinski definition) is 3. The molecule has 1 fully saturated rings. The molecule has 0 spiro atoms. The van der Waals surface area contributed by atoms with E-state index in [1.54, 1.807) is 18.2 Å². The van der Waals surface area contributed by atoms with Gasteiger partial charge >= 0.3 is 0 Å². The third kappa shape index (κ3) is 2.21. The summed E-state index contributed by atoms with van der Waals surface area (Å²) in [6, 6.07) is 4.89. The molecule has 1 saturated carbocycles. The monoisotopic (exact) mass is 273 g/mol. The van der Waals surface area contributed by atoms with Crippen molar-refractivity contribution in [2.45, 2.75) is 29.6 Å². The summed E-state index contributed by atoms with van der Waals surface area (Å²) >= 11 is 6.17. The minimum Gasteiger partial charge on any atom is -0.330 e. The molecule has 0 amide bonds. The van der Waals surface area contributed by atoms with Crippen LogP contribution >= 0.6 is 11.6 Å². The Kier molecular flexibility index (Phi) is 3.23. The summed E-state index contributed by atoms with van der Waals surface area (Å²) in [6.45, 7) is 0.514. The maximum atomic E-state index is 11.5. The summed E-state index contributed by atoms with van der Waals surface area (Å²) in [5.74, 6) is 0. The highest BCUT2D eigenvalue weighted by Crippen LogP contribution is 2.45. The van der Waals surface area contributed by atoms with Crippen LogP contribution in [0.25, 0.3) is 0 Å². The predicted octanol–water partition coefficient (Wildman–Crippen LogP) is 2.12. The van der Waals surface area contributed by atoms with Crippen LogP contribution < -0.4 is 5.73 Å². The van der Waals surface area contributed by atoms with E-state index in [9.17, 15) is 8.42 Å². The Balaban J connectivity index is 2.54. The van der Waals surface area contributed by atoms with Crippen molar-refractivity contribution in [1.29, 1.82) is 0 Å². The molecule has 0 unspecified atom stereocenters. The van der Waals surface area contributed by atoms with Crippen molar-refractivity contribution in [1.82, 2.24) is 0 Å². The lowest BCUT2D eigenvalue weighted by Gasteiger charge is -2.42. The number of rotatable bonds is 3. The molecule has 2 N–H and O–H groups in total. The first-order valence-corrected chi connectivity index (χ1v) is 7.86. The Morgan fingerprint density at radius 1 is 1.41 bits per heavy atom. The number of benzene rings is 1. The molecule has 0 heterocycles. The van der Waals surface area contributed by atoms with Crippen LogP contribution in [0, 0.1) is 0 Å². The first kappa shape index (κ1) is 12.9. The van der Waals surface area contributed by atoms with Gasteiger partial charge in [-0.25, -0.2) is 8.42 Å². The summed E-state index contributed by atoms with van der Waals surface area (Å²) in [7, 11) is -3.19. The van der Waals surface area contributed by atoms with E-state index in [4.69, 9.17) is 17.3 Å². The maximum absolute atomic E-state index is 11.5. The Bertz CT molecular complexity index is 530. The second-order valence-corrected chi connectivity index (χ2v) is 7.17. The summed E-state index contributed by atoms with van der Waals surface area (Å²) in [5, 5.41) is 0.613. The number of nitrogens with two attached hydrogens (primary N) is 1. The van der Waals surface area contributed by atoms with Crippen LogP contribution in [0.4, 0.5) is 0 Å². The van der Waals surface area contributed by atoms with Gasteiger partial charge < -0.3 is 5.73 Å². The quantitative estimate of drug-likeness (QED) is 0.918. The van der Waals surface area contributed by atoms with Gasteiger partial charge in [-0.2, -0.15) is 0 Å². The third-order valence-electron chi connectivity index (χ3n) is 3.64. The molecule has 3 nitrogen and oxygen atoms in total. The minimum absolute atomic E-state index is 0.113. The zero-order chi connectivity index (χ0) is 12.7. The number of halogens is 1. The molecule has 0 bridgehead atoms. The standard InChI is InChI=1S/C12H16ClNO2S/c1-17(15,16)9-3-4-11(13)10(7-9)12(8-14)5-2-6-12/h3-4,7H,2,5-6,8,14H2,1H3. The lowest BCUT2D eigenvalue weighted by Crippen LogP contribution is -2.41. The lowest BCUT2D eigenvalue weighted by atomic mass is 9.64. The second kappa shape index (κ2) is 4.26. The van der Waals surface area contributed by atoms with Gasteiger partial charge in [0, 0.05) is 23.2 Å². The fourth-order valence-corrected chi connectivity index (χ4v) is 3.29. The first-order valence-electron chi connectivity index (χ1n) is 5.59. The van der Waals surface area contributed by atoms with E-state index in [-0.39, 0.29) is 5.41 Å². The van der Waals surface area contributed by atoms with Crippen LogP contribution in [0.3, 0.4) is 0 Å². The van der Waals surface area contributed by atoms with E-state index in [1.165, 1.54) is 6.26 Å². The second-order valence-electron chi connectivity index (χ2n) is 4.75. The van der Waals surface area contributed by atoms with Crippen molar-refractivity contribution in [3.05, 3.63) is 28.8 Å². The Morgan fingerprint density at radius 3 is 2.47 bits per heavy atom. The largest absolute Gasteiger partial charge is 0.330 e. The topological polar surface area (TPSA) is 60.2 Å². The molecule has 1 aliphatic carbocycles. The summed E-state index contributed by atoms with van der Waals surface area (Å²) in [4.78, 5) is 0.316. The molecule has 17 heavy (non-hydrogen) atoms. The molecule has 1 aliphatic rings. The summed E-state index contributed by atoms with van der Waals surface area (Å²) in [5.41, 5.74) is 6.59. The molecule has 0 aliphatic heterocycles. The van der Waals surface area contributed by atoms with Gasteiger partial charge in [-0.15, -0.1) is 0 Å². The average Bonchev–Trinajstić information content (AvgIpc) is 2.18. The van der Waals surface area contributed by atoms with E-state index in [0.29, 0.717) is 16.5 Å². The molecule has 0 radical (unpaired) electrons. The van der Waals surface area contributed by atoms with Gasteiger partial charge in [0.15, 0.2) is 9.84 Å². The van der Waals surface area contributed by atoms with Crippen LogP contribution in [-0.4, -0.2) is 21.2 Å². The first-order chi connectivity index (χ1) is 7.89. The van der Waals surface area contributed by atoms with Gasteiger partial charge in [0.25, 0.3) is 0 Å². The van der Waals surface area contributed by atoms with Crippen molar-refractivity contribution >= 4 is 21.4 Å². The Labute approximate surface area is 107 Å². The third-order valence-corrected chi connectivity index (χ3v) is 5.08. The van der Waals surface area contributed by atoms with E-state index in [1.807, 2.05) is 0 Å². The highest BCUT2D eigenvalue weighted by molar-refractivity contribution is 7.90. The smallest absolute Gasteiger partial charge is 0.175 e. The van der Waals surface area contributed by atoms with Crippen LogP contribution in [0.15, 0.2) is 23.1 Å². The molecular weight excluding hydrogens is 258 g/mol. The van der Waals surface area contributed by atoms with Gasteiger partial charge in [0.2, 0.25) is 0 Å². The van der Waals surface area contributed by atoms with E-state index < -0.39 is 9.84 Å². The molecule has 94 valence electrons. The van der Waals surface area contributed by atoms with Crippen molar-refractivity contribution in [2.75, 3.05) is 12.8 Å². The van der Waals surface area contributed by atoms with Crippen LogP contribution in [-0.2, 0) is 15.3 Å². The summed E-state index contributed by atoms with van der Waals surface area (Å²) < 4.78 is 23.1. The minimum atomic E-state index is -3.19. The van der Waals surface area contributed by atoms with Crippen molar-refractivity contribution < 1.29 is 8.42 Å². The fraction of sp³-hybridized carbons (Fsp3) is 0.500. The highest BCUT2D eigenvalue weighted by Gasteiger charge is 2.39. The van der Waals surface area contributed by atoms with Crippen molar-refractivity contribution in [2.24, 2.45) is 5.73 Å². The van der Waals surface area contributed by atoms with Gasteiger partial charge in [0.05, 0.1) is 4.90 Å². The SMILES string of the molecule is CS(=O)(=O)c1ccc(Cl)c(C2(CN)CCC2)c1. The van der Waals surface area contributed by atoms with Crippen molar-refractivity contribution in [3.8, 4) is 0 Å². The van der Waals surface area contributed by atoms with Crippen LogP contribution in [0.2, 0.25) is 5.02 Å². The average molecular weight is 274 g/mol. The summed E-state index contributed by atoms with van der Waals surface area (Å²) in [6.07, 6.45) is 4.29. The molecule has 1 aromatic rings. The van der Waals surface area contributed by atoms with Gasteiger partial charge in [-0.05, 0) is 36.6 Å². The normalized spacial score (nSPS) is 18.8. The molecule has 1 aromatic carbocycles. The Morgan fingerprint density at radius 2 is 2.06 bits per heavy atom. The Hall–Kier alpha value is -0.580. The lowest BCUT2D eigenvalue weighted by molar-refractivity contribution is 0.253. The molecular formula is C12H16ClNO2S. The van der Waals surface area contributed by atoms with E-state index in [2.05, 4.69) is 0 Å². The molecule has 0 aromatic heterocycles. The van der Waals surface area contributed by atoms with Crippen LogP contribution in [0.5, 0.6) is 0 Å². The van der Waals surface area contributed by atoms with Gasteiger partial charge in [-0.1, -0.05) is 18.0 Å². The van der Waals surface area contributed by atoms with Crippen molar-refractivity contribution in [3.63, 3.8) is 0 Å². The number of hydrogen-bond donors (Lipinski definition) is 1. The van der Waals surface area contributed by atoms with Gasteiger partial charge in [0.1, 0.15) is 0 Å². The predicted molar refractivity (Wildman–Crippen MR) is 69.1 cm³/mol. The zero-order valence-electron chi connectivity index (χ0n) is 9.74. The molecule has 2 rings (SSSR count).